The summed E-state index contributed by atoms with van der Waals surface area (Å²) in [5.74, 6) is 6.79. The van der Waals surface area contributed by atoms with Crippen molar-refractivity contribution in [1.29, 1.82) is 0 Å². The number of fused-ring (bicyclic) bond motifs is 1. The number of aromatic nitrogens is 2. The van der Waals surface area contributed by atoms with Gasteiger partial charge in [-0.15, -0.1) is 0 Å². The van der Waals surface area contributed by atoms with Crippen molar-refractivity contribution >= 4 is 28.5 Å². The van der Waals surface area contributed by atoms with Crippen molar-refractivity contribution in [2.24, 2.45) is 11.8 Å². The second-order valence-electron chi connectivity index (χ2n) is 15.0. The maximum atomic E-state index is 13.6. The van der Waals surface area contributed by atoms with Crippen molar-refractivity contribution in [1.82, 2.24) is 25.1 Å². The molecule has 0 radical (unpaired) electrons. The van der Waals surface area contributed by atoms with E-state index in [9.17, 15) is 14.7 Å². The first-order chi connectivity index (χ1) is 25.5. The fourth-order valence-corrected chi connectivity index (χ4v) is 8.08. The van der Waals surface area contributed by atoms with Crippen molar-refractivity contribution in [3.8, 4) is 11.8 Å². The van der Waals surface area contributed by atoms with Gasteiger partial charge in [-0.25, -0.2) is 4.98 Å². The molecule has 1 amide bonds. The van der Waals surface area contributed by atoms with E-state index >= 15 is 0 Å². The molecule has 1 aliphatic heterocycles. The molecule has 3 aliphatic carbocycles. The van der Waals surface area contributed by atoms with Crippen LogP contribution in [0.3, 0.4) is 0 Å². The molecule has 0 spiro atoms. The largest absolute Gasteiger partial charge is 0.396 e. The summed E-state index contributed by atoms with van der Waals surface area (Å²) in [6, 6.07) is 16.6. The summed E-state index contributed by atoms with van der Waals surface area (Å²) in [5, 5.41) is 16.6. The zero-order valence-corrected chi connectivity index (χ0v) is 30.2. The van der Waals surface area contributed by atoms with Crippen LogP contribution in [0.25, 0.3) is 11.0 Å². The Balaban J connectivity index is 0.898. The van der Waals surface area contributed by atoms with Crippen LogP contribution in [0.5, 0.6) is 0 Å². The Labute approximate surface area is 308 Å². The SMILES string of the molecule is O=C(NCC#Cc1ccc2ncc(NC3CCC(N4CCN(CC5CC5)CC4)CC3)nc2c1)/C1=C/C=C\CC[C@H](C[C@H](CO)c2ccccc2)C1=O. The Morgan fingerprint density at radius 1 is 0.962 bits per heavy atom. The minimum absolute atomic E-state index is 0.0536. The van der Waals surface area contributed by atoms with Crippen LogP contribution in [0.2, 0.25) is 0 Å². The van der Waals surface area contributed by atoms with Crippen LogP contribution in [-0.2, 0) is 9.59 Å². The molecule has 4 aliphatic rings. The minimum Gasteiger partial charge on any atom is -0.396 e. The molecule has 2 atom stereocenters. The van der Waals surface area contributed by atoms with Gasteiger partial charge in [-0.05, 0) is 93.5 Å². The number of hydrogen-bond acceptors (Lipinski definition) is 8. The van der Waals surface area contributed by atoms with Crippen molar-refractivity contribution in [3.05, 3.63) is 89.7 Å². The van der Waals surface area contributed by atoms with Crippen LogP contribution in [-0.4, -0.2) is 94.5 Å². The molecule has 272 valence electrons. The lowest BCUT2D eigenvalue weighted by molar-refractivity contribution is -0.124. The van der Waals surface area contributed by atoms with Crippen LogP contribution >= 0.6 is 0 Å². The van der Waals surface area contributed by atoms with Crippen LogP contribution in [0.1, 0.15) is 74.8 Å². The Kier molecular flexibility index (Phi) is 12.1. The highest BCUT2D eigenvalue weighted by molar-refractivity contribution is 6.20. The van der Waals surface area contributed by atoms with Crippen molar-refractivity contribution < 1.29 is 14.7 Å². The molecule has 3 aromatic rings. The molecular formula is C43H52N6O3. The number of amides is 1. The quantitative estimate of drug-likeness (QED) is 0.178. The number of benzene rings is 2. The zero-order chi connectivity index (χ0) is 35.7. The first kappa shape index (κ1) is 36.0. The van der Waals surface area contributed by atoms with Gasteiger partial charge in [0.15, 0.2) is 5.78 Å². The molecule has 9 nitrogen and oxygen atoms in total. The highest BCUT2D eigenvalue weighted by atomic mass is 16.3. The summed E-state index contributed by atoms with van der Waals surface area (Å²) in [4.78, 5) is 41.7. The molecule has 0 bridgehead atoms. The van der Waals surface area contributed by atoms with Gasteiger partial charge in [0.1, 0.15) is 5.82 Å². The maximum absolute atomic E-state index is 13.6. The summed E-state index contributed by atoms with van der Waals surface area (Å²) in [7, 11) is 0. The number of nitrogens with one attached hydrogen (secondary N) is 2. The zero-order valence-electron chi connectivity index (χ0n) is 30.2. The van der Waals surface area contributed by atoms with Crippen LogP contribution < -0.4 is 10.6 Å². The number of Topliss-reactive ketones (excluding diaryl/α,β-unsaturated/α-hetero) is 1. The highest BCUT2D eigenvalue weighted by Gasteiger charge is 2.31. The molecule has 52 heavy (non-hydrogen) atoms. The average Bonchev–Trinajstić information content (AvgIpc) is 4.00. The van der Waals surface area contributed by atoms with Gasteiger partial charge in [0.2, 0.25) is 0 Å². The van der Waals surface area contributed by atoms with E-state index in [1.165, 1.54) is 58.4 Å². The van der Waals surface area contributed by atoms with Crippen molar-refractivity contribution in [3.63, 3.8) is 0 Å². The second kappa shape index (κ2) is 17.4. The number of anilines is 1. The van der Waals surface area contributed by atoms with Gasteiger partial charge in [-0.2, -0.15) is 0 Å². The Bertz CT molecular complexity index is 1810. The summed E-state index contributed by atoms with van der Waals surface area (Å²) in [6.45, 7) is 6.23. The number of ketones is 1. The van der Waals surface area contributed by atoms with Crippen molar-refractivity contribution in [2.75, 3.05) is 51.2 Å². The topological polar surface area (TPSA) is 111 Å². The normalized spacial score (nSPS) is 25.1. The molecule has 1 saturated heterocycles. The number of piperazine rings is 1. The van der Waals surface area contributed by atoms with E-state index in [0.717, 1.165) is 53.2 Å². The number of aliphatic hydroxyl groups excluding tert-OH is 1. The maximum Gasteiger partial charge on any atom is 0.255 e. The molecule has 9 heteroatoms. The lowest BCUT2D eigenvalue weighted by atomic mass is 9.81. The predicted octanol–water partition coefficient (Wildman–Crippen LogP) is 5.48. The van der Waals surface area contributed by atoms with E-state index < -0.39 is 5.91 Å². The number of rotatable bonds is 11. The fraction of sp³-hybridized carbons (Fsp3) is 0.488. The number of aliphatic hydroxyl groups is 1. The minimum atomic E-state index is -0.434. The molecular weight excluding hydrogens is 649 g/mol. The third kappa shape index (κ3) is 9.54. The number of nitrogens with zero attached hydrogens (tertiary/aromatic N) is 4. The van der Waals surface area contributed by atoms with Gasteiger partial charge >= 0.3 is 0 Å². The van der Waals surface area contributed by atoms with E-state index in [1.807, 2.05) is 60.8 Å². The first-order valence-corrected chi connectivity index (χ1v) is 19.4. The molecule has 0 unspecified atom stereocenters. The Morgan fingerprint density at radius 2 is 1.77 bits per heavy atom. The number of allylic oxidation sites excluding steroid dienone is 3. The summed E-state index contributed by atoms with van der Waals surface area (Å²) in [5.41, 5.74) is 3.49. The van der Waals surface area contributed by atoms with E-state index in [1.54, 1.807) is 12.2 Å². The van der Waals surface area contributed by atoms with Crippen LogP contribution in [0.15, 0.2) is 78.5 Å². The molecule has 2 saturated carbocycles. The Hall–Kier alpha value is -4.36. The van der Waals surface area contributed by atoms with Gasteiger partial charge in [-0.1, -0.05) is 54.3 Å². The van der Waals surface area contributed by atoms with Crippen LogP contribution in [0.4, 0.5) is 5.82 Å². The predicted molar refractivity (Wildman–Crippen MR) is 206 cm³/mol. The molecule has 7 rings (SSSR count). The lowest BCUT2D eigenvalue weighted by Crippen LogP contribution is -2.51. The third-order valence-corrected chi connectivity index (χ3v) is 11.3. The van der Waals surface area contributed by atoms with Gasteiger partial charge in [-0.3, -0.25) is 19.5 Å². The van der Waals surface area contributed by atoms with Gasteiger partial charge in [0.05, 0.1) is 29.3 Å². The Morgan fingerprint density at radius 3 is 2.54 bits per heavy atom. The summed E-state index contributed by atoms with van der Waals surface area (Å²) in [6.07, 6.45) is 16.6. The molecule has 1 aromatic heterocycles. The number of hydrogen-bond donors (Lipinski definition) is 3. The van der Waals surface area contributed by atoms with Gasteiger partial charge < -0.3 is 20.6 Å². The monoisotopic (exact) mass is 700 g/mol. The van der Waals surface area contributed by atoms with E-state index in [2.05, 4.69) is 37.3 Å². The van der Waals surface area contributed by atoms with E-state index in [0.29, 0.717) is 24.9 Å². The molecule has 3 fully saturated rings. The average molecular weight is 701 g/mol. The van der Waals surface area contributed by atoms with E-state index in [4.69, 9.17) is 4.98 Å². The smallest absolute Gasteiger partial charge is 0.255 e. The van der Waals surface area contributed by atoms with Gasteiger partial charge in [0.25, 0.3) is 5.91 Å². The van der Waals surface area contributed by atoms with Crippen molar-refractivity contribution in [2.45, 2.75) is 75.8 Å². The summed E-state index contributed by atoms with van der Waals surface area (Å²) < 4.78 is 0. The second-order valence-corrected chi connectivity index (χ2v) is 15.0. The third-order valence-electron chi connectivity index (χ3n) is 11.3. The molecule has 3 N–H and O–H groups in total. The fourth-order valence-electron chi connectivity index (χ4n) is 8.08. The number of carbonyl (C=O) groups is 2. The molecule has 2 heterocycles. The molecule has 2 aromatic carbocycles. The highest BCUT2D eigenvalue weighted by Crippen LogP contribution is 2.32. The van der Waals surface area contributed by atoms with Crippen LogP contribution in [0, 0.1) is 23.7 Å². The van der Waals surface area contributed by atoms with E-state index in [-0.39, 0.29) is 36.3 Å². The van der Waals surface area contributed by atoms with Gasteiger partial charge in [0, 0.05) is 68.8 Å². The number of carbonyl (C=O) groups excluding carboxylic acids is 2. The first-order valence-electron chi connectivity index (χ1n) is 19.4. The summed E-state index contributed by atoms with van der Waals surface area (Å²) >= 11 is 0. The lowest BCUT2D eigenvalue weighted by Gasteiger charge is -2.42. The standard InChI is InChI=1S/C43H52N6O3/c50-30-35(33-9-3-1-4-10-33)27-34-11-5-2-6-12-38(42(34)51)43(52)44-21-7-8-31-15-20-39-40(26-31)47-41(28-45-39)46-36-16-18-37(19-17-36)49-24-22-48(23-25-49)29-32-13-14-32/h1-4,6,9-10,12,15,20,26,28,32,34-37,50H,5,11,13-14,16-19,21-25,27,29-30H2,(H,44,52)(H,46,47)/b6-2-,38-12+/t34-,35-,36?,37?/m1/s1.